The van der Waals surface area contributed by atoms with Crippen molar-refractivity contribution in [2.75, 3.05) is 0 Å². The number of aromatic amines is 1. The quantitative estimate of drug-likeness (QED) is 0.721. The maximum absolute atomic E-state index is 10.7. The molecule has 0 aliphatic carbocycles. The molecule has 0 radical (unpaired) electrons. The molecule has 0 saturated carbocycles. The third-order valence-electron chi connectivity index (χ3n) is 2.10. The Labute approximate surface area is 89.3 Å². The Kier molecular flexibility index (Phi) is 2.34. The highest BCUT2D eigenvalue weighted by atomic mass is 35.5. The third-order valence-corrected chi connectivity index (χ3v) is 2.37. The molecular weight excluding hydrogens is 220 g/mol. The molecule has 0 aliphatic rings. The fourth-order valence-corrected chi connectivity index (χ4v) is 1.66. The number of halogens is 1. The number of hydrogen-bond donors (Lipinski definition) is 3. The van der Waals surface area contributed by atoms with Crippen LogP contribution in [0.3, 0.4) is 0 Å². The summed E-state index contributed by atoms with van der Waals surface area (Å²) in [7, 11) is 0. The number of benzene rings is 1. The number of H-pyrrole nitrogens is 1. The second-order valence-electron chi connectivity index (χ2n) is 3.02. The molecule has 1 unspecified atom stereocenters. The van der Waals surface area contributed by atoms with E-state index in [-0.39, 0.29) is 10.7 Å². The molecule has 0 aliphatic heterocycles. The van der Waals surface area contributed by atoms with Crippen LogP contribution in [0.1, 0.15) is 11.7 Å². The number of aliphatic hydroxyl groups excluding tert-OH is 1. The Hall–Kier alpha value is -1.59. The number of carboxylic acids is 1. The Balaban J connectivity index is 2.69. The zero-order valence-electron chi connectivity index (χ0n) is 7.44. The molecule has 0 bridgehead atoms. The maximum atomic E-state index is 10.7. The number of aromatic nitrogens is 2. The van der Waals surface area contributed by atoms with Crippen molar-refractivity contribution in [3.05, 3.63) is 28.9 Å². The molecule has 2 rings (SSSR count). The van der Waals surface area contributed by atoms with Crippen LogP contribution < -0.4 is 0 Å². The van der Waals surface area contributed by atoms with Gasteiger partial charge in [-0.2, -0.15) is 5.10 Å². The minimum Gasteiger partial charge on any atom is -0.479 e. The summed E-state index contributed by atoms with van der Waals surface area (Å²) in [5.41, 5.74) is 0.761. The molecule has 78 valence electrons. The lowest BCUT2D eigenvalue weighted by Crippen LogP contribution is -2.10. The minimum absolute atomic E-state index is 0.223. The van der Waals surface area contributed by atoms with Gasteiger partial charge in [-0.15, -0.1) is 0 Å². The average Bonchev–Trinajstić information content (AvgIpc) is 2.59. The first-order valence-corrected chi connectivity index (χ1v) is 4.52. The Morgan fingerprint density at radius 1 is 1.53 bits per heavy atom. The topological polar surface area (TPSA) is 86.2 Å². The second kappa shape index (κ2) is 3.52. The van der Waals surface area contributed by atoms with Crippen LogP contribution in [0.15, 0.2) is 18.2 Å². The Morgan fingerprint density at radius 2 is 2.27 bits per heavy atom. The Bertz CT molecular complexity index is 523. The number of aliphatic hydroxyl groups is 1. The molecule has 6 heteroatoms. The van der Waals surface area contributed by atoms with Crippen LogP contribution in [0.25, 0.3) is 10.9 Å². The monoisotopic (exact) mass is 226 g/mol. The molecule has 3 N–H and O–H groups in total. The first kappa shape index (κ1) is 9.95. The molecular formula is C9H7ClN2O3. The van der Waals surface area contributed by atoms with Gasteiger partial charge in [0.05, 0.1) is 5.52 Å². The minimum atomic E-state index is -1.59. The zero-order chi connectivity index (χ0) is 11.0. The standard InChI is InChI=1S/C9H7ClN2O3/c10-8-6-4(7(13)9(14)15)2-1-3-5(6)11-12-8/h1-3,7,13H,(H,11,12)(H,14,15). The summed E-state index contributed by atoms with van der Waals surface area (Å²) in [4.78, 5) is 10.7. The number of hydrogen-bond acceptors (Lipinski definition) is 3. The maximum Gasteiger partial charge on any atom is 0.337 e. The molecule has 1 atom stereocenters. The van der Waals surface area contributed by atoms with Crippen molar-refractivity contribution >= 4 is 28.5 Å². The summed E-state index contributed by atoms with van der Waals surface area (Å²) >= 11 is 5.80. The number of carboxylic acid groups (broad SMARTS) is 1. The molecule has 1 aromatic heterocycles. The van der Waals surface area contributed by atoms with Crippen LogP contribution in [-0.2, 0) is 4.79 Å². The van der Waals surface area contributed by atoms with E-state index in [1.165, 1.54) is 6.07 Å². The van der Waals surface area contributed by atoms with Gasteiger partial charge in [-0.1, -0.05) is 23.7 Å². The lowest BCUT2D eigenvalue weighted by atomic mass is 10.1. The van der Waals surface area contributed by atoms with Crippen LogP contribution in [0, 0.1) is 0 Å². The van der Waals surface area contributed by atoms with Crippen molar-refractivity contribution in [1.29, 1.82) is 0 Å². The van der Waals surface area contributed by atoms with E-state index in [0.29, 0.717) is 10.9 Å². The molecule has 1 aromatic carbocycles. The summed E-state index contributed by atoms with van der Waals surface area (Å²) < 4.78 is 0. The normalized spacial score (nSPS) is 12.9. The number of carbonyl (C=O) groups is 1. The number of fused-ring (bicyclic) bond motifs is 1. The summed E-state index contributed by atoms with van der Waals surface area (Å²) in [6.45, 7) is 0. The van der Waals surface area contributed by atoms with E-state index in [4.69, 9.17) is 16.7 Å². The van der Waals surface area contributed by atoms with Crippen molar-refractivity contribution in [2.24, 2.45) is 0 Å². The van der Waals surface area contributed by atoms with Gasteiger partial charge in [0.15, 0.2) is 6.10 Å². The predicted octanol–water partition coefficient (Wildman–Crippen LogP) is 1.33. The van der Waals surface area contributed by atoms with Crippen LogP contribution in [-0.4, -0.2) is 26.4 Å². The second-order valence-corrected chi connectivity index (χ2v) is 3.40. The molecule has 0 amide bonds. The lowest BCUT2D eigenvalue weighted by Gasteiger charge is -2.06. The van der Waals surface area contributed by atoms with Crippen LogP contribution in [0.4, 0.5) is 0 Å². The van der Waals surface area contributed by atoms with Crippen molar-refractivity contribution in [2.45, 2.75) is 6.10 Å². The smallest absolute Gasteiger partial charge is 0.337 e. The van der Waals surface area contributed by atoms with E-state index in [1.54, 1.807) is 12.1 Å². The van der Waals surface area contributed by atoms with Crippen molar-refractivity contribution < 1.29 is 15.0 Å². The number of aliphatic carboxylic acids is 1. The molecule has 0 fully saturated rings. The van der Waals surface area contributed by atoms with Crippen LogP contribution >= 0.6 is 11.6 Å². The van der Waals surface area contributed by atoms with Crippen LogP contribution in [0.5, 0.6) is 0 Å². The first-order chi connectivity index (χ1) is 7.11. The van der Waals surface area contributed by atoms with Gasteiger partial charge in [0.25, 0.3) is 0 Å². The van der Waals surface area contributed by atoms with Gasteiger partial charge >= 0.3 is 5.97 Å². The van der Waals surface area contributed by atoms with Gasteiger partial charge in [-0.25, -0.2) is 4.79 Å². The third kappa shape index (κ3) is 1.55. The van der Waals surface area contributed by atoms with Gasteiger partial charge in [0, 0.05) is 10.9 Å². The highest BCUT2D eigenvalue weighted by Crippen LogP contribution is 2.28. The summed E-state index contributed by atoms with van der Waals surface area (Å²) in [6, 6.07) is 4.79. The molecule has 0 saturated heterocycles. The van der Waals surface area contributed by atoms with Crippen molar-refractivity contribution in [3.8, 4) is 0 Å². The van der Waals surface area contributed by atoms with E-state index in [0.717, 1.165) is 0 Å². The largest absolute Gasteiger partial charge is 0.479 e. The summed E-state index contributed by atoms with van der Waals surface area (Å²) in [6.07, 6.45) is -1.59. The van der Waals surface area contributed by atoms with E-state index in [9.17, 15) is 9.90 Å². The van der Waals surface area contributed by atoms with Crippen molar-refractivity contribution in [3.63, 3.8) is 0 Å². The average molecular weight is 227 g/mol. The van der Waals surface area contributed by atoms with Gasteiger partial charge < -0.3 is 10.2 Å². The molecule has 5 nitrogen and oxygen atoms in total. The van der Waals surface area contributed by atoms with Gasteiger partial charge in [0.2, 0.25) is 0 Å². The van der Waals surface area contributed by atoms with Crippen LogP contribution in [0.2, 0.25) is 5.15 Å². The highest BCUT2D eigenvalue weighted by Gasteiger charge is 2.20. The molecule has 0 spiro atoms. The highest BCUT2D eigenvalue weighted by molar-refractivity contribution is 6.34. The Morgan fingerprint density at radius 3 is 2.93 bits per heavy atom. The molecule has 2 aromatic rings. The predicted molar refractivity (Wildman–Crippen MR) is 53.7 cm³/mol. The molecule has 1 heterocycles. The first-order valence-electron chi connectivity index (χ1n) is 4.14. The fourth-order valence-electron chi connectivity index (χ4n) is 1.42. The summed E-state index contributed by atoms with van der Waals surface area (Å²) in [5, 5.41) is 25.2. The number of nitrogens with zero attached hydrogens (tertiary/aromatic N) is 1. The lowest BCUT2D eigenvalue weighted by molar-refractivity contribution is -0.146. The number of rotatable bonds is 2. The van der Waals surface area contributed by atoms with E-state index < -0.39 is 12.1 Å². The van der Waals surface area contributed by atoms with Gasteiger partial charge in [-0.05, 0) is 6.07 Å². The van der Waals surface area contributed by atoms with Gasteiger partial charge in [0.1, 0.15) is 5.15 Å². The summed E-state index contributed by atoms with van der Waals surface area (Å²) in [5.74, 6) is -1.32. The van der Waals surface area contributed by atoms with Gasteiger partial charge in [-0.3, -0.25) is 5.10 Å². The molecule has 15 heavy (non-hydrogen) atoms. The number of nitrogens with one attached hydrogen (secondary N) is 1. The van der Waals surface area contributed by atoms with E-state index in [1.807, 2.05) is 0 Å². The fraction of sp³-hybridized carbons (Fsp3) is 0.111. The van der Waals surface area contributed by atoms with Crippen molar-refractivity contribution in [1.82, 2.24) is 10.2 Å². The zero-order valence-corrected chi connectivity index (χ0v) is 8.19. The SMILES string of the molecule is O=C(O)C(O)c1cccc2n[nH]c(Cl)c12. The van der Waals surface area contributed by atoms with E-state index in [2.05, 4.69) is 10.2 Å². The van der Waals surface area contributed by atoms with E-state index >= 15 is 0 Å².